The highest BCUT2D eigenvalue weighted by molar-refractivity contribution is 7.93. The van der Waals surface area contributed by atoms with Crippen LogP contribution in [0.2, 0.25) is 5.02 Å². The summed E-state index contributed by atoms with van der Waals surface area (Å²) >= 11 is 6.93. The van der Waals surface area contributed by atoms with Gasteiger partial charge in [0.25, 0.3) is 20.1 Å². The van der Waals surface area contributed by atoms with Crippen molar-refractivity contribution in [2.24, 2.45) is 0 Å². The number of hydrogen-bond acceptors (Lipinski definition) is 7. The van der Waals surface area contributed by atoms with Crippen molar-refractivity contribution >= 4 is 48.2 Å². The van der Waals surface area contributed by atoms with E-state index in [4.69, 9.17) is 16.2 Å². The standard InChI is InChI=1S/C12H14ClN3O5S3/c1-8-9(13)4-2-5-10(8)24(20,21)16-12-15-14-11(22-12)6-3-7-23(17,18)19/h2,4-5H,3,6-7H2,1H3,(H,15,16)(H,17,18,19). The number of aryl methyl sites for hydroxylation is 1. The Morgan fingerprint density at radius 3 is 2.62 bits per heavy atom. The predicted molar refractivity (Wildman–Crippen MR) is 91.6 cm³/mol. The number of anilines is 1. The smallest absolute Gasteiger partial charge is 0.264 e. The van der Waals surface area contributed by atoms with Crippen LogP contribution in [0.5, 0.6) is 0 Å². The number of rotatable bonds is 7. The van der Waals surface area contributed by atoms with Gasteiger partial charge in [-0.3, -0.25) is 9.27 Å². The molecule has 0 aliphatic carbocycles. The van der Waals surface area contributed by atoms with E-state index in [1.54, 1.807) is 13.0 Å². The second-order valence-electron chi connectivity index (χ2n) is 4.86. The van der Waals surface area contributed by atoms with Gasteiger partial charge in [-0.2, -0.15) is 8.42 Å². The molecular weight excluding hydrogens is 398 g/mol. The number of nitrogens with one attached hydrogen (secondary N) is 1. The summed E-state index contributed by atoms with van der Waals surface area (Å²) in [5.74, 6) is -0.394. The molecule has 1 aromatic heterocycles. The number of halogens is 1. The van der Waals surface area contributed by atoms with E-state index in [9.17, 15) is 16.8 Å². The molecule has 0 atom stereocenters. The summed E-state index contributed by atoms with van der Waals surface area (Å²) in [6.07, 6.45) is 0.420. The molecule has 24 heavy (non-hydrogen) atoms. The highest BCUT2D eigenvalue weighted by Gasteiger charge is 2.20. The van der Waals surface area contributed by atoms with Gasteiger partial charge in [0, 0.05) is 11.4 Å². The van der Waals surface area contributed by atoms with Crippen LogP contribution in [0.15, 0.2) is 23.1 Å². The number of hydrogen-bond donors (Lipinski definition) is 2. The van der Waals surface area contributed by atoms with E-state index < -0.39 is 25.9 Å². The molecule has 0 saturated carbocycles. The largest absolute Gasteiger partial charge is 0.286 e. The Labute approximate surface area is 148 Å². The molecule has 1 aromatic carbocycles. The van der Waals surface area contributed by atoms with Crippen molar-refractivity contribution in [1.82, 2.24) is 10.2 Å². The first-order chi connectivity index (χ1) is 11.1. The minimum absolute atomic E-state index is 0.0399. The minimum atomic E-state index is -4.03. The summed E-state index contributed by atoms with van der Waals surface area (Å²) in [5, 5.41) is 8.38. The van der Waals surface area contributed by atoms with Crippen molar-refractivity contribution in [2.75, 3.05) is 10.5 Å². The van der Waals surface area contributed by atoms with E-state index in [2.05, 4.69) is 14.9 Å². The second kappa shape index (κ2) is 7.31. The lowest BCUT2D eigenvalue weighted by Gasteiger charge is -2.08. The molecule has 12 heteroatoms. The van der Waals surface area contributed by atoms with Gasteiger partial charge in [-0.25, -0.2) is 8.42 Å². The first kappa shape index (κ1) is 19.1. The zero-order chi connectivity index (χ0) is 18.0. The molecule has 0 radical (unpaired) electrons. The summed E-state index contributed by atoms with van der Waals surface area (Å²) < 4.78 is 57.1. The lowest BCUT2D eigenvalue weighted by molar-refractivity contribution is 0.481. The maximum atomic E-state index is 12.4. The zero-order valence-electron chi connectivity index (χ0n) is 12.4. The van der Waals surface area contributed by atoms with Crippen LogP contribution in [-0.4, -0.2) is 37.3 Å². The predicted octanol–water partition coefficient (Wildman–Crippen LogP) is 2.12. The summed E-state index contributed by atoms with van der Waals surface area (Å²) in [5.41, 5.74) is 0.421. The van der Waals surface area contributed by atoms with Gasteiger partial charge in [-0.15, -0.1) is 10.2 Å². The van der Waals surface area contributed by atoms with E-state index in [0.29, 0.717) is 15.6 Å². The summed E-state index contributed by atoms with van der Waals surface area (Å²) in [4.78, 5) is 0.0399. The van der Waals surface area contributed by atoms with Gasteiger partial charge in [0.05, 0.1) is 10.6 Å². The third-order valence-corrected chi connectivity index (χ3v) is 6.71. The van der Waals surface area contributed by atoms with Crippen LogP contribution >= 0.6 is 22.9 Å². The lowest BCUT2D eigenvalue weighted by atomic mass is 10.2. The normalized spacial score (nSPS) is 12.3. The Balaban J connectivity index is 2.10. The fraction of sp³-hybridized carbons (Fsp3) is 0.333. The van der Waals surface area contributed by atoms with Gasteiger partial charge in [0.2, 0.25) is 5.13 Å². The highest BCUT2D eigenvalue weighted by Crippen LogP contribution is 2.26. The second-order valence-corrected chi connectivity index (χ2v) is 9.55. The van der Waals surface area contributed by atoms with Crippen LogP contribution in [0.1, 0.15) is 17.0 Å². The molecule has 0 unspecified atom stereocenters. The monoisotopic (exact) mass is 411 g/mol. The van der Waals surface area contributed by atoms with Crippen molar-refractivity contribution in [3.05, 3.63) is 33.8 Å². The van der Waals surface area contributed by atoms with Crippen molar-refractivity contribution in [3.63, 3.8) is 0 Å². The average molecular weight is 412 g/mol. The number of nitrogens with zero attached hydrogens (tertiary/aromatic N) is 2. The number of aromatic nitrogens is 2. The molecule has 8 nitrogen and oxygen atoms in total. The van der Waals surface area contributed by atoms with Gasteiger partial charge in [0.15, 0.2) is 0 Å². The molecule has 0 saturated heterocycles. The molecule has 0 aliphatic heterocycles. The fourth-order valence-corrected chi connectivity index (χ4v) is 4.87. The molecule has 2 N–H and O–H groups in total. The fourth-order valence-electron chi connectivity index (χ4n) is 1.85. The van der Waals surface area contributed by atoms with Crippen molar-refractivity contribution in [3.8, 4) is 0 Å². The Bertz CT molecular complexity index is 941. The quantitative estimate of drug-likeness (QED) is 0.668. The third kappa shape index (κ3) is 5.11. The van der Waals surface area contributed by atoms with E-state index in [0.717, 1.165) is 11.3 Å². The summed E-state index contributed by atoms with van der Waals surface area (Å²) in [6.45, 7) is 1.59. The first-order valence-corrected chi connectivity index (χ1v) is 10.9. The van der Waals surface area contributed by atoms with Gasteiger partial charge >= 0.3 is 0 Å². The molecule has 2 aromatic rings. The SMILES string of the molecule is Cc1c(Cl)cccc1S(=O)(=O)Nc1nnc(CCCS(=O)(=O)O)s1. The molecule has 2 rings (SSSR count). The van der Waals surface area contributed by atoms with Crippen LogP contribution in [0.25, 0.3) is 0 Å². The molecule has 0 bridgehead atoms. The molecule has 132 valence electrons. The van der Waals surface area contributed by atoms with Gasteiger partial charge in [0.1, 0.15) is 5.01 Å². The average Bonchev–Trinajstić information content (AvgIpc) is 2.87. The van der Waals surface area contributed by atoms with Crippen molar-refractivity contribution in [1.29, 1.82) is 0 Å². The Hall–Kier alpha value is -1.27. The third-order valence-electron chi connectivity index (χ3n) is 2.99. The Morgan fingerprint density at radius 2 is 1.96 bits per heavy atom. The van der Waals surface area contributed by atoms with E-state index in [1.165, 1.54) is 12.1 Å². The highest BCUT2D eigenvalue weighted by atomic mass is 35.5. The van der Waals surface area contributed by atoms with Crippen molar-refractivity contribution in [2.45, 2.75) is 24.7 Å². The van der Waals surface area contributed by atoms with Crippen LogP contribution in [0.3, 0.4) is 0 Å². The molecular formula is C12H14ClN3O5S3. The molecule has 1 heterocycles. The summed E-state index contributed by atoms with van der Waals surface area (Å²) in [7, 11) is -7.89. The maximum absolute atomic E-state index is 12.4. The Kier molecular flexibility index (Phi) is 5.81. The van der Waals surface area contributed by atoms with Crippen LogP contribution in [0.4, 0.5) is 5.13 Å². The van der Waals surface area contributed by atoms with E-state index in [-0.39, 0.29) is 22.9 Å². The van der Waals surface area contributed by atoms with Crippen LogP contribution in [-0.2, 0) is 26.6 Å². The van der Waals surface area contributed by atoms with Crippen LogP contribution in [0, 0.1) is 6.92 Å². The molecule has 0 spiro atoms. The first-order valence-electron chi connectivity index (χ1n) is 6.64. The molecule has 0 aliphatic rings. The summed E-state index contributed by atoms with van der Waals surface area (Å²) in [6, 6.07) is 4.55. The van der Waals surface area contributed by atoms with E-state index >= 15 is 0 Å². The Morgan fingerprint density at radius 1 is 1.25 bits per heavy atom. The minimum Gasteiger partial charge on any atom is -0.286 e. The van der Waals surface area contributed by atoms with Gasteiger partial charge in [-0.1, -0.05) is 29.0 Å². The lowest BCUT2D eigenvalue weighted by Crippen LogP contribution is -2.14. The molecule has 0 amide bonds. The van der Waals surface area contributed by atoms with Crippen molar-refractivity contribution < 1.29 is 21.4 Å². The van der Waals surface area contributed by atoms with E-state index in [1.807, 2.05) is 0 Å². The zero-order valence-corrected chi connectivity index (χ0v) is 15.6. The van der Waals surface area contributed by atoms with Crippen LogP contribution < -0.4 is 4.72 Å². The molecule has 0 fully saturated rings. The number of benzene rings is 1. The number of sulfonamides is 1. The topological polar surface area (TPSA) is 126 Å². The van der Waals surface area contributed by atoms with Gasteiger partial charge < -0.3 is 0 Å². The maximum Gasteiger partial charge on any atom is 0.264 e. The van der Waals surface area contributed by atoms with Gasteiger partial charge in [-0.05, 0) is 31.0 Å².